The Morgan fingerprint density at radius 3 is 2.62 bits per heavy atom. The van der Waals surface area contributed by atoms with E-state index in [-0.39, 0.29) is 36.8 Å². The van der Waals surface area contributed by atoms with Crippen LogP contribution in [0.5, 0.6) is 0 Å². The molecular weight excluding hydrogens is 168 g/mol. The summed E-state index contributed by atoms with van der Waals surface area (Å²) >= 11 is 0. The Balaban J connectivity index is 2.30. The van der Waals surface area contributed by atoms with Crippen LogP contribution in [0.25, 0.3) is 0 Å². The molecule has 0 aliphatic carbocycles. The van der Waals surface area contributed by atoms with E-state index < -0.39 is 0 Å². The fourth-order valence-corrected chi connectivity index (χ4v) is 2.63. The first-order valence-corrected chi connectivity index (χ1v) is 4.84. The zero-order chi connectivity index (χ0) is 9.47. The van der Waals surface area contributed by atoms with Gasteiger partial charge in [0, 0.05) is 17.9 Å². The van der Waals surface area contributed by atoms with Crippen molar-refractivity contribution in [3.63, 3.8) is 0 Å². The monoisotopic (exact) mass is 184 g/mol. The van der Waals surface area contributed by atoms with Crippen molar-refractivity contribution in [2.75, 3.05) is 13.2 Å². The van der Waals surface area contributed by atoms with Crippen LogP contribution in [0.15, 0.2) is 12.2 Å². The normalized spacial score (nSPS) is 47.5. The molecule has 4 unspecified atom stereocenters. The summed E-state index contributed by atoms with van der Waals surface area (Å²) in [6, 6.07) is 0. The van der Waals surface area contributed by atoms with Crippen LogP contribution < -0.4 is 0 Å². The van der Waals surface area contributed by atoms with Gasteiger partial charge in [0.2, 0.25) is 0 Å². The number of hydrogen-bond acceptors (Lipinski definition) is 3. The molecule has 3 nitrogen and oxygen atoms in total. The minimum absolute atomic E-state index is 0.00431. The van der Waals surface area contributed by atoms with Gasteiger partial charge < -0.3 is 14.9 Å². The Kier molecular flexibility index (Phi) is 2.18. The SMILES string of the molecule is CCC1(CO)C2C=CC(O2)C1CO. The molecule has 3 heteroatoms. The molecule has 74 valence electrons. The molecule has 0 aromatic rings. The average molecular weight is 184 g/mol. The van der Waals surface area contributed by atoms with Gasteiger partial charge in [0.25, 0.3) is 0 Å². The summed E-state index contributed by atoms with van der Waals surface area (Å²) in [6.45, 7) is 2.23. The lowest BCUT2D eigenvalue weighted by molar-refractivity contribution is 0.0226. The maximum Gasteiger partial charge on any atom is 0.0847 e. The van der Waals surface area contributed by atoms with Crippen LogP contribution in [-0.4, -0.2) is 35.6 Å². The highest BCUT2D eigenvalue weighted by Crippen LogP contribution is 2.50. The fourth-order valence-electron chi connectivity index (χ4n) is 2.63. The van der Waals surface area contributed by atoms with Crippen LogP contribution in [0, 0.1) is 11.3 Å². The molecule has 0 saturated carbocycles. The molecule has 2 aliphatic heterocycles. The van der Waals surface area contributed by atoms with Crippen molar-refractivity contribution in [2.45, 2.75) is 25.6 Å². The van der Waals surface area contributed by atoms with E-state index in [1.807, 2.05) is 19.1 Å². The molecule has 0 aromatic heterocycles. The Morgan fingerprint density at radius 1 is 1.38 bits per heavy atom. The third-order valence-corrected chi connectivity index (χ3v) is 3.63. The summed E-state index contributed by atoms with van der Waals surface area (Å²) < 4.78 is 5.64. The number of ether oxygens (including phenoxy) is 1. The second-order valence-electron chi connectivity index (χ2n) is 3.94. The van der Waals surface area contributed by atoms with Crippen LogP contribution in [-0.2, 0) is 4.74 Å². The van der Waals surface area contributed by atoms with Crippen molar-refractivity contribution in [1.29, 1.82) is 0 Å². The van der Waals surface area contributed by atoms with Gasteiger partial charge in [-0.05, 0) is 6.42 Å². The highest BCUT2D eigenvalue weighted by atomic mass is 16.5. The Labute approximate surface area is 78.0 Å². The summed E-state index contributed by atoms with van der Waals surface area (Å²) in [5.74, 6) is 0.0671. The Bertz CT molecular complexity index is 220. The maximum absolute atomic E-state index is 9.42. The zero-order valence-corrected chi connectivity index (χ0v) is 7.81. The molecule has 13 heavy (non-hydrogen) atoms. The summed E-state index contributed by atoms with van der Waals surface area (Å²) in [5, 5.41) is 18.7. The van der Waals surface area contributed by atoms with E-state index in [0.29, 0.717) is 0 Å². The predicted molar refractivity (Wildman–Crippen MR) is 48.2 cm³/mol. The Hall–Kier alpha value is -0.380. The molecule has 2 bridgehead atoms. The molecule has 0 spiro atoms. The molecular formula is C10H16O3. The second kappa shape index (κ2) is 3.08. The van der Waals surface area contributed by atoms with Crippen molar-refractivity contribution in [3.8, 4) is 0 Å². The summed E-state index contributed by atoms with van der Waals surface area (Å²) in [7, 11) is 0. The van der Waals surface area contributed by atoms with Crippen LogP contribution in [0.2, 0.25) is 0 Å². The Morgan fingerprint density at radius 2 is 2.15 bits per heavy atom. The van der Waals surface area contributed by atoms with Crippen LogP contribution in [0.4, 0.5) is 0 Å². The number of hydrogen-bond donors (Lipinski definition) is 2. The number of aliphatic hydroxyl groups excluding tert-OH is 2. The van der Waals surface area contributed by atoms with Gasteiger partial charge in [-0.3, -0.25) is 0 Å². The van der Waals surface area contributed by atoms with E-state index >= 15 is 0 Å². The average Bonchev–Trinajstić information content (AvgIpc) is 2.74. The maximum atomic E-state index is 9.42. The van der Waals surface area contributed by atoms with Gasteiger partial charge in [-0.2, -0.15) is 0 Å². The third kappa shape index (κ3) is 1.01. The highest BCUT2D eigenvalue weighted by molar-refractivity contribution is 5.19. The van der Waals surface area contributed by atoms with Crippen molar-refractivity contribution in [1.82, 2.24) is 0 Å². The van der Waals surface area contributed by atoms with Crippen LogP contribution >= 0.6 is 0 Å². The first-order valence-electron chi connectivity index (χ1n) is 4.84. The van der Waals surface area contributed by atoms with Crippen molar-refractivity contribution in [2.24, 2.45) is 11.3 Å². The molecule has 0 amide bonds. The summed E-state index contributed by atoms with van der Waals surface area (Å²) in [6.07, 6.45) is 4.87. The van der Waals surface area contributed by atoms with Crippen LogP contribution in [0.3, 0.4) is 0 Å². The number of fused-ring (bicyclic) bond motifs is 2. The molecule has 2 N–H and O–H groups in total. The third-order valence-electron chi connectivity index (χ3n) is 3.63. The first-order chi connectivity index (χ1) is 6.28. The van der Waals surface area contributed by atoms with E-state index in [9.17, 15) is 10.2 Å². The van der Waals surface area contributed by atoms with E-state index in [4.69, 9.17) is 4.74 Å². The van der Waals surface area contributed by atoms with Gasteiger partial charge >= 0.3 is 0 Å². The highest BCUT2D eigenvalue weighted by Gasteiger charge is 2.55. The van der Waals surface area contributed by atoms with Crippen molar-refractivity contribution >= 4 is 0 Å². The molecule has 0 aromatic carbocycles. The molecule has 1 fully saturated rings. The lowest BCUT2D eigenvalue weighted by Crippen LogP contribution is -2.42. The minimum atomic E-state index is -0.242. The largest absolute Gasteiger partial charge is 0.396 e. The smallest absolute Gasteiger partial charge is 0.0847 e. The quantitative estimate of drug-likeness (QED) is 0.621. The number of rotatable bonds is 3. The summed E-state index contributed by atoms with van der Waals surface area (Å²) in [4.78, 5) is 0. The van der Waals surface area contributed by atoms with Gasteiger partial charge in [0.15, 0.2) is 0 Å². The van der Waals surface area contributed by atoms with E-state index in [2.05, 4.69) is 0 Å². The van der Waals surface area contributed by atoms with E-state index in [1.54, 1.807) is 0 Å². The van der Waals surface area contributed by atoms with E-state index in [1.165, 1.54) is 0 Å². The zero-order valence-electron chi connectivity index (χ0n) is 7.81. The van der Waals surface area contributed by atoms with Gasteiger partial charge in [0.05, 0.1) is 18.8 Å². The molecule has 1 saturated heterocycles. The van der Waals surface area contributed by atoms with Crippen molar-refractivity contribution in [3.05, 3.63) is 12.2 Å². The molecule has 0 radical (unpaired) electrons. The predicted octanol–water partition coefficient (Wildman–Crippen LogP) is 0.321. The van der Waals surface area contributed by atoms with Crippen molar-refractivity contribution < 1.29 is 14.9 Å². The lowest BCUT2D eigenvalue weighted by atomic mass is 9.68. The van der Waals surface area contributed by atoms with E-state index in [0.717, 1.165) is 6.42 Å². The molecule has 4 atom stereocenters. The first kappa shape index (κ1) is 9.19. The van der Waals surface area contributed by atoms with Gasteiger partial charge in [-0.1, -0.05) is 19.1 Å². The molecule has 2 rings (SSSR count). The second-order valence-corrected chi connectivity index (χ2v) is 3.94. The molecule has 2 aliphatic rings. The van der Waals surface area contributed by atoms with Gasteiger partial charge in [0.1, 0.15) is 0 Å². The summed E-state index contributed by atoms with van der Waals surface area (Å²) in [5.41, 5.74) is -0.242. The standard InChI is InChI=1S/C10H16O3/c1-2-10(6-12)7(5-11)8-3-4-9(10)13-8/h3-4,7-9,11-12H,2,5-6H2,1H3. The minimum Gasteiger partial charge on any atom is -0.396 e. The number of aliphatic hydroxyl groups is 2. The lowest BCUT2D eigenvalue weighted by Gasteiger charge is -2.36. The van der Waals surface area contributed by atoms with Gasteiger partial charge in [-0.15, -0.1) is 0 Å². The topological polar surface area (TPSA) is 49.7 Å². The molecule has 2 heterocycles. The van der Waals surface area contributed by atoms with Crippen LogP contribution in [0.1, 0.15) is 13.3 Å². The fraction of sp³-hybridized carbons (Fsp3) is 0.800. The van der Waals surface area contributed by atoms with Gasteiger partial charge in [-0.25, -0.2) is 0 Å².